The van der Waals surface area contributed by atoms with E-state index in [0.717, 1.165) is 16.4 Å². The van der Waals surface area contributed by atoms with Crippen LogP contribution in [-0.2, 0) is 14.8 Å². The van der Waals surface area contributed by atoms with Crippen molar-refractivity contribution in [1.82, 2.24) is 4.31 Å². The molecule has 1 aliphatic rings. The third-order valence-corrected chi connectivity index (χ3v) is 5.63. The smallest absolute Gasteiger partial charge is 0.335 e. The normalized spacial score (nSPS) is 19.4. The fourth-order valence-electron chi connectivity index (χ4n) is 2.13. The molecule has 1 saturated heterocycles. The Morgan fingerprint density at radius 3 is 2.38 bits per heavy atom. The first-order valence-corrected chi connectivity index (χ1v) is 7.89. The van der Waals surface area contributed by atoms with Crippen LogP contribution >= 0.6 is 11.6 Å². The molecule has 0 atom stereocenters. The summed E-state index contributed by atoms with van der Waals surface area (Å²) in [5.74, 6) is -2.36. The van der Waals surface area contributed by atoms with Crippen molar-refractivity contribution in [3.8, 4) is 0 Å². The predicted molar refractivity (Wildman–Crippen MR) is 72.0 cm³/mol. The van der Waals surface area contributed by atoms with Crippen LogP contribution in [-0.4, -0.2) is 47.6 Å². The zero-order valence-corrected chi connectivity index (χ0v) is 12.4. The Balaban J connectivity index is 2.25. The van der Waals surface area contributed by atoms with Crippen LogP contribution in [0, 0.1) is 5.82 Å². The molecule has 6 nitrogen and oxygen atoms in total. The van der Waals surface area contributed by atoms with Crippen molar-refractivity contribution >= 4 is 27.6 Å². The van der Waals surface area contributed by atoms with E-state index in [9.17, 15) is 22.7 Å². The molecule has 116 valence electrons. The van der Waals surface area contributed by atoms with Crippen molar-refractivity contribution in [1.29, 1.82) is 0 Å². The molecule has 0 saturated carbocycles. The molecular formula is C12H13ClFNO5S. The van der Waals surface area contributed by atoms with Crippen molar-refractivity contribution in [2.24, 2.45) is 0 Å². The van der Waals surface area contributed by atoms with Crippen molar-refractivity contribution in [3.63, 3.8) is 0 Å². The van der Waals surface area contributed by atoms with Gasteiger partial charge in [-0.3, -0.25) is 0 Å². The molecule has 2 N–H and O–H groups in total. The number of sulfonamides is 1. The van der Waals surface area contributed by atoms with Crippen LogP contribution < -0.4 is 0 Å². The highest BCUT2D eigenvalue weighted by molar-refractivity contribution is 7.89. The lowest BCUT2D eigenvalue weighted by Gasteiger charge is -2.34. The summed E-state index contributed by atoms with van der Waals surface area (Å²) in [7, 11) is -4.09. The standard InChI is InChI=1S/C12H13ClFNO5S/c13-8-1-2-10(9(14)7-8)21(19,20)15-5-3-12(18,4-6-15)11(16)17/h1-2,7,18H,3-6H2,(H,16,17). The van der Waals surface area contributed by atoms with Crippen LogP contribution in [0.1, 0.15) is 12.8 Å². The van der Waals surface area contributed by atoms with Crippen LogP contribution in [0.3, 0.4) is 0 Å². The van der Waals surface area contributed by atoms with Gasteiger partial charge in [0.05, 0.1) is 0 Å². The molecule has 9 heteroatoms. The molecule has 0 unspecified atom stereocenters. The Labute approximate surface area is 125 Å². The number of piperidine rings is 1. The van der Waals surface area contributed by atoms with Crippen molar-refractivity contribution in [2.45, 2.75) is 23.3 Å². The van der Waals surface area contributed by atoms with Crippen LogP contribution in [0.15, 0.2) is 23.1 Å². The van der Waals surface area contributed by atoms with Crippen molar-refractivity contribution in [3.05, 3.63) is 29.0 Å². The molecule has 1 aromatic carbocycles. The average molecular weight is 338 g/mol. The molecule has 1 aromatic rings. The summed E-state index contributed by atoms with van der Waals surface area (Å²) in [5.41, 5.74) is -1.94. The monoisotopic (exact) mass is 337 g/mol. The summed E-state index contributed by atoms with van der Waals surface area (Å²) in [5, 5.41) is 18.7. The van der Waals surface area contributed by atoms with E-state index in [2.05, 4.69) is 0 Å². The molecule has 0 aromatic heterocycles. The molecule has 0 amide bonds. The minimum atomic E-state index is -4.09. The van der Waals surface area contributed by atoms with Crippen LogP contribution in [0.5, 0.6) is 0 Å². The van der Waals surface area contributed by atoms with Gasteiger partial charge in [-0.2, -0.15) is 4.31 Å². The number of nitrogens with zero attached hydrogens (tertiary/aromatic N) is 1. The molecule has 1 fully saturated rings. The summed E-state index contributed by atoms with van der Waals surface area (Å²) in [6, 6.07) is 3.21. The summed E-state index contributed by atoms with van der Waals surface area (Å²) < 4.78 is 39.3. The molecular weight excluding hydrogens is 325 g/mol. The highest BCUT2D eigenvalue weighted by Gasteiger charge is 2.42. The quantitative estimate of drug-likeness (QED) is 0.860. The second kappa shape index (κ2) is 5.53. The second-order valence-corrected chi connectivity index (χ2v) is 7.16. The molecule has 0 radical (unpaired) electrons. The third kappa shape index (κ3) is 3.03. The van der Waals surface area contributed by atoms with E-state index in [1.807, 2.05) is 0 Å². The fraction of sp³-hybridized carbons (Fsp3) is 0.417. The van der Waals surface area contributed by atoms with E-state index in [0.29, 0.717) is 0 Å². The fourth-order valence-corrected chi connectivity index (χ4v) is 3.78. The number of carbonyl (C=O) groups is 1. The zero-order valence-electron chi connectivity index (χ0n) is 10.8. The Kier molecular flexibility index (Phi) is 4.25. The van der Waals surface area contributed by atoms with Gasteiger partial charge in [0.25, 0.3) is 0 Å². The van der Waals surface area contributed by atoms with Gasteiger partial charge >= 0.3 is 5.97 Å². The molecule has 1 heterocycles. The summed E-state index contributed by atoms with van der Waals surface area (Å²) in [6.45, 7) is -0.402. The lowest BCUT2D eigenvalue weighted by molar-refractivity contribution is -0.162. The minimum absolute atomic E-state index is 0.0744. The van der Waals surface area contributed by atoms with Crippen molar-refractivity contribution < 1.29 is 27.8 Å². The number of carboxylic acids is 1. The van der Waals surface area contributed by atoms with E-state index in [1.54, 1.807) is 0 Å². The maximum Gasteiger partial charge on any atom is 0.335 e. The van der Waals surface area contributed by atoms with Gasteiger partial charge in [0, 0.05) is 31.0 Å². The Hall–Kier alpha value is -1.22. The summed E-state index contributed by atoms with van der Waals surface area (Å²) in [4.78, 5) is 10.4. The lowest BCUT2D eigenvalue weighted by Crippen LogP contribution is -2.50. The number of benzene rings is 1. The SMILES string of the molecule is O=C(O)C1(O)CCN(S(=O)(=O)c2ccc(Cl)cc2F)CC1. The lowest BCUT2D eigenvalue weighted by atomic mass is 9.93. The zero-order chi connectivity index (χ0) is 15.8. The molecule has 0 aliphatic carbocycles. The van der Waals surface area contributed by atoms with E-state index in [4.69, 9.17) is 16.7 Å². The van der Waals surface area contributed by atoms with E-state index in [1.165, 1.54) is 6.07 Å². The number of carboxylic acid groups (broad SMARTS) is 1. The largest absolute Gasteiger partial charge is 0.479 e. The first kappa shape index (κ1) is 16.2. The van der Waals surface area contributed by atoms with Crippen molar-refractivity contribution in [2.75, 3.05) is 13.1 Å². The summed E-state index contributed by atoms with van der Waals surface area (Å²) >= 11 is 5.58. The first-order valence-electron chi connectivity index (χ1n) is 6.08. The van der Waals surface area contributed by atoms with E-state index in [-0.39, 0.29) is 31.0 Å². The molecule has 1 aliphatic heterocycles. The maximum atomic E-state index is 13.7. The molecule has 0 spiro atoms. The van der Waals surface area contributed by atoms with Gasteiger partial charge in [-0.05, 0) is 18.2 Å². The number of aliphatic hydroxyl groups is 1. The van der Waals surface area contributed by atoms with Crippen LogP contribution in [0.2, 0.25) is 5.02 Å². The van der Waals surface area contributed by atoms with Crippen LogP contribution in [0.25, 0.3) is 0 Å². The van der Waals surface area contributed by atoms with E-state index < -0.39 is 32.3 Å². The number of halogens is 2. The van der Waals surface area contributed by atoms with Gasteiger partial charge in [-0.1, -0.05) is 11.6 Å². The highest BCUT2D eigenvalue weighted by atomic mass is 35.5. The number of hydrogen-bond donors (Lipinski definition) is 2. The number of rotatable bonds is 3. The molecule has 21 heavy (non-hydrogen) atoms. The maximum absolute atomic E-state index is 13.7. The van der Waals surface area contributed by atoms with Gasteiger partial charge in [0.1, 0.15) is 10.7 Å². The highest BCUT2D eigenvalue weighted by Crippen LogP contribution is 2.28. The van der Waals surface area contributed by atoms with Gasteiger partial charge < -0.3 is 10.2 Å². The predicted octanol–water partition coefficient (Wildman–Crippen LogP) is 1.08. The van der Waals surface area contributed by atoms with Gasteiger partial charge in [0.2, 0.25) is 10.0 Å². The topological polar surface area (TPSA) is 94.9 Å². The van der Waals surface area contributed by atoms with Gasteiger partial charge in [0.15, 0.2) is 5.60 Å². The number of hydrogen-bond acceptors (Lipinski definition) is 4. The second-order valence-electron chi connectivity index (χ2n) is 4.82. The molecule has 0 bridgehead atoms. The Bertz CT molecular complexity index is 670. The average Bonchev–Trinajstić information content (AvgIpc) is 2.38. The molecule has 2 rings (SSSR count). The first-order chi connectivity index (χ1) is 9.67. The van der Waals surface area contributed by atoms with E-state index >= 15 is 0 Å². The Morgan fingerprint density at radius 1 is 1.33 bits per heavy atom. The third-order valence-electron chi connectivity index (χ3n) is 3.46. The number of aliphatic carboxylic acids is 1. The van der Waals surface area contributed by atoms with Gasteiger partial charge in [-0.25, -0.2) is 17.6 Å². The summed E-state index contributed by atoms with van der Waals surface area (Å²) in [6.07, 6.45) is -0.506. The van der Waals surface area contributed by atoms with Gasteiger partial charge in [-0.15, -0.1) is 0 Å². The van der Waals surface area contributed by atoms with Crippen LogP contribution in [0.4, 0.5) is 4.39 Å². The Morgan fingerprint density at radius 2 is 1.90 bits per heavy atom. The minimum Gasteiger partial charge on any atom is -0.479 e.